The SMILES string of the molecule is COc1ccc(/C(C)=N\NC(=O)c2cccc(Br)c2)cc1[N+](=O)[O-]. The minimum Gasteiger partial charge on any atom is -0.490 e. The number of halogens is 1. The number of rotatable bonds is 5. The Balaban J connectivity index is 2.20. The molecule has 0 bridgehead atoms. The largest absolute Gasteiger partial charge is 0.490 e. The lowest BCUT2D eigenvalue weighted by Gasteiger charge is -2.06. The Labute approximate surface area is 146 Å². The fourth-order valence-corrected chi connectivity index (χ4v) is 2.35. The number of nitro benzene ring substituents is 1. The molecule has 124 valence electrons. The first-order valence-corrected chi connectivity index (χ1v) is 7.64. The summed E-state index contributed by atoms with van der Waals surface area (Å²) in [7, 11) is 1.36. The van der Waals surface area contributed by atoms with Crippen LogP contribution in [0.15, 0.2) is 52.0 Å². The van der Waals surface area contributed by atoms with Crippen LogP contribution in [0.4, 0.5) is 5.69 Å². The van der Waals surface area contributed by atoms with Crippen LogP contribution in [-0.4, -0.2) is 23.7 Å². The maximum atomic E-state index is 12.0. The van der Waals surface area contributed by atoms with Gasteiger partial charge < -0.3 is 4.74 Å². The van der Waals surface area contributed by atoms with E-state index >= 15 is 0 Å². The van der Waals surface area contributed by atoms with Crippen molar-refractivity contribution in [2.75, 3.05) is 7.11 Å². The van der Waals surface area contributed by atoms with E-state index in [1.807, 2.05) is 6.07 Å². The van der Waals surface area contributed by atoms with Crippen LogP contribution in [0.3, 0.4) is 0 Å². The van der Waals surface area contributed by atoms with E-state index in [1.165, 1.54) is 19.2 Å². The van der Waals surface area contributed by atoms with Gasteiger partial charge in [-0.05, 0) is 37.3 Å². The first-order chi connectivity index (χ1) is 11.4. The van der Waals surface area contributed by atoms with Crippen LogP contribution in [0.5, 0.6) is 5.75 Å². The smallest absolute Gasteiger partial charge is 0.311 e. The zero-order chi connectivity index (χ0) is 17.7. The summed E-state index contributed by atoms with van der Waals surface area (Å²) < 4.78 is 5.73. The molecule has 0 fully saturated rings. The van der Waals surface area contributed by atoms with Gasteiger partial charge in [-0.15, -0.1) is 0 Å². The summed E-state index contributed by atoms with van der Waals surface area (Å²) in [6.45, 7) is 1.65. The van der Waals surface area contributed by atoms with Crippen molar-refractivity contribution >= 4 is 33.2 Å². The van der Waals surface area contributed by atoms with Gasteiger partial charge in [0.15, 0.2) is 5.75 Å². The van der Waals surface area contributed by atoms with Crippen LogP contribution in [0.1, 0.15) is 22.8 Å². The number of ether oxygens (including phenoxy) is 1. The number of hydrazone groups is 1. The van der Waals surface area contributed by atoms with Crippen molar-refractivity contribution in [3.05, 3.63) is 68.2 Å². The number of nitrogens with one attached hydrogen (secondary N) is 1. The molecule has 0 radical (unpaired) electrons. The molecule has 24 heavy (non-hydrogen) atoms. The Morgan fingerprint density at radius 3 is 2.62 bits per heavy atom. The molecule has 0 atom stereocenters. The first kappa shape index (κ1) is 17.6. The summed E-state index contributed by atoms with van der Waals surface area (Å²) in [4.78, 5) is 22.6. The molecule has 0 aromatic heterocycles. The van der Waals surface area contributed by atoms with Crippen LogP contribution in [-0.2, 0) is 0 Å². The fraction of sp³-hybridized carbons (Fsp3) is 0.125. The molecule has 0 aliphatic rings. The van der Waals surface area contributed by atoms with E-state index in [-0.39, 0.29) is 17.3 Å². The van der Waals surface area contributed by atoms with E-state index in [1.54, 1.807) is 31.2 Å². The number of hydrogen-bond acceptors (Lipinski definition) is 5. The second-order valence-corrected chi connectivity index (χ2v) is 5.71. The Kier molecular flexibility index (Phi) is 5.64. The quantitative estimate of drug-likeness (QED) is 0.479. The van der Waals surface area contributed by atoms with Crippen LogP contribution in [0.25, 0.3) is 0 Å². The second kappa shape index (κ2) is 7.69. The summed E-state index contributed by atoms with van der Waals surface area (Å²) in [6.07, 6.45) is 0. The Morgan fingerprint density at radius 2 is 2.00 bits per heavy atom. The van der Waals surface area contributed by atoms with Crippen molar-refractivity contribution in [1.29, 1.82) is 0 Å². The number of benzene rings is 2. The Hall–Kier alpha value is -2.74. The van der Waals surface area contributed by atoms with Crippen molar-refractivity contribution < 1.29 is 14.5 Å². The van der Waals surface area contributed by atoms with Gasteiger partial charge in [-0.1, -0.05) is 22.0 Å². The molecule has 0 spiro atoms. The highest BCUT2D eigenvalue weighted by atomic mass is 79.9. The molecule has 0 aliphatic heterocycles. The van der Waals surface area contributed by atoms with Crippen molar-refractivity contribution in [1.82, 2.24) is 5.43 Å². The van der Waals surface area contributed by atoms with Crippen LogP contribution >= 0.6 is 15.9 Å². The van der Waals surface area contributed by atoms with Gasteiger partial charge in [-0.3, -0.25) is 14.9 Å². The van der Waals surface area contributed by atoms with Gasteiger partial charge in [0.05, 0.1) is 17.7 Å². The van der Waals surface area contributed by atoms with Gasteiger partial charge >= 0.3 is 5.69 Å². The minimum atomic E-state index is -0.532. The fourth-order valence-electron chi connectivity index (χ4n) is 1.95. The average Bonchev–Trinajstić information content (AvgIpc) is 2.58. The van der Waals surface area contributed by atoms with E-state index in [9.17, 15) is 14.9 Å². The van der Waals surface area contributed by atoms with E-state index in [2.05, 4.69) is 26.5 Å². The molecule has 2 rings (SSSR count). The number of carbonyl (C=O) groups excluding carboxylic acids is 1. The molecule has 0 saturated carbocycles. The molecule has 2 aromatic carbocycles. The number of hydrogen-bond donors (Lipinski definition) is 1. The lowest BCUT2D eigenvalue weighted by Crippen LogP contribution is -2.19. The highest BCUT2D eigenvalue weighted by molar-refractivity contribution is 9.10. The van der Waals surface area contributed by atoms with Gasteiger partial charge in [0.2, 0.25) is 0 Å². The molecule has 0 aliphatic carbocycles. The summed E-state index contributed by atoms with van der Waals surface area (Å²) in [5, 5.41) is 15.0. The third-order valence-electron chi connectivity index (χ3n) is 3.21. The molecule has 2 aromatic rings. The maximum Gasteiger partial charge on any atom is 0.311 e. The van der Waals surface area contributed by atoms with Gasteiger partial charge in [0, 0.05) is 21.7 Å². The topological polar surface area (TPSA) is 93.8 Å². The summed E-state index contributed by atoms with van der Waals surface area (Å²) in [6, 6.07) is 11.3. The Bertz CT molecular complexity index is 821. The molecule has 8 heteroatoms. The number of nitro groups is 1. The molecule has 0 saturated heterocycles. The number of carbonyl (C=O) groups is 1. The third-order valence-corrected chi connectivity index (χ3v) is 3.70. The van der Waals surface area contributed by atoms with Crippen LogP contribution in [0, 0.1) is 10.1 Å². The zero-order valence-electron chi connectivity index (χ0n) is 12.9. The lowest BCUT2D eigenvalue weighted by molar-refractivity contribution is -0.385. The number of amides is 1. The average molecular weight is 392 g/mol. The Morgan fingerprint density at radius 1 is 1.25 bits per heavy atom. The van der Waals surface area contributed by atoms with E-state index in [0.29, 0.717) is 16.8 Å². The summed E-state index contributed by atoms with van der Waals surface area (Å²) >= 11 is 3.29. The second-order valence-electron chi connectivity index (χ2n) is 4.79. The van der Waals surface area contributed by atoms with E-state index in [0.717, 1.165) is 4.47 Å². The molecular weight excluding hydrogens is 378 g/mol. The van der Waals surface area contributed by atoms with Gasteiger partial charge in [0.1, 0.15) is 0 Å². The highest BCUT2D eigenvalue weighted by Gasteiger charge is 2.16. The number of methoxy groups -OCH3 is 1. The normalized spacial score (nSPS) is 11.0. The van der Waals surface area contributed by atoms with Crippen LogP contribution < -0.4 is 10.2 Å². The zero-order valence-corrected chi connectivity index (χ0v) is 14.5. The molecule has 1 amide bonds. The van der Waals surface area contributed by atoms with Crippen molar-refractivity contribution in [2.45, 2.75) is 6.92 Å². The summed E-state index contributed by atoms with van der Waals surface area (Å²) in [5.74, 6) is -0.214. The maximum absolute atomic E-state index is 12.0. The summed E-state index contributed by atoms with van der Waals surface area (Å²) in [5.41, 5.74) is 3.66. The van der Waals surface area contributed by atoms with Crippen molar-refractivity contribution in [2.24, 2.45) is 5.10 Å². The van der Waals surface area contributed by atoms with Crippen molar-refractivity contribution in [3.63, 3.8) is 0 Å². The highest BCUT2D eigenvalue weighted by Crippen LogP contribution is 2.27. The van der Waals surface area contributed by atoms with E-state index < -0.39 is 4.92 Å². The van der Waals surface area contributed by atoms with E-state index in [4.69, 9.17) is 4.74 Å². The molecule has 0 unspecified atom stereocenters. The van der Waals surface area contributed by atoms with Gasteiger partial charge in [-0.2, -0.15) is 5.10 Å². The van der Waals surface area contributed by atoms with Gasteiger partial charge in [-0.25, -0.2) is 5.43 Å². The van der Waals surface area contributed by atoms with Crippen LogP contribution in [0.2, 0.25) is 0 Å². The van der Waals surface area contributed by atoms with Crippen molar-refractivity contribution in [3.8, 4) is 5.75 Å². The molecular formula is C16H14BrN3O4. The minimum absolute atomic E-state index is 0.162. The number of nitrogens with zero attached hydrogens (tertiary/aromatic N) is 2. The molecule has 7 nitrogen and oxygen atoms in total. The predicted molar refractivity (Wildman–Crippen MR) is 93.5 cm³/mol. The molecule has 0 heterocycles. The predicted octanol–water partition coefficient (Wildman–Crippen LogP) is 3.52. The lowest BCUT2D eigenvalue weighted by atomic mass is 10.1. The third kappa shape index (κ3) is 4.17. The van der Waals surface area contributed by atoms with Gasteiger partial charge in [0.25, 0.3) is 5.91 Å². The standard InChI is InChI=1S/C16H14BrN3O4/c1-10(11-6-7-15(24-2)14(9-11)20(22)23)18-19-16(21)12-4-3-5-13(17)8-12/h3-9H,1-2H3,(H,19,21)/b18-10-. The molecule has 1 N–H and O–H groups in total. The monoisotopic (exact) mass is 391 g/mol. The first-order valence-electron chi connectivity index (χ1n) is 6.85.